The first-order valence-corrected chi connectivity index (χ1v) is 10.1. The van der Waals surface area contributed by atoms with Crippen LogP contribution in [0.4, 0.5) is 8.78 Å². The minimum atomic E-state index is -3.26. The summed E-state index contributed by atoms with van der Waals surface area (Å²) in [4.78, 5) is 24.7. The molecule has 0 spiro atoms. The Morgan fingerprint density at radius 2 is 2.24 bits per heavy atom. The number of H-pyrrole nitrogens is 1. The quantitative estimate of drug-likeness (QED) is 0.588. The fourth-order valence-corrected chi connectivity index (χ4v) is 5.48. The van der Waals surface area contributed by atoms with E-state index in [1.54, 1.807) is 18.8 Å². The molecule has 1 aromatic rings. The predicted molar refractivity (Wildman–Crippen MR) is 86.2 cm³/mol. The Balaban J connectivity index is 1.94. The van der Waals surface area contributed by atoms with E-state index in [0.29, 0.717) is 10.8 Å². The van der Waals surface area contributed by atoms with Gasteiger partial charge in [-0.25, -0.2) is 9.18 Å². The Kier molecular flexibility index (Phi) is 4.95. The van der Waals surface area contributed by atoms with Gasteiger partial charge in [0.05, 0.1) is 18.9 Å². The highest BCUT2D eigenvalue weighted by molar-refractivity contribution is 8.07. The average molecular weight is 419 g/mol. The summed E-state index contributed by atoms with van der Waals surface area (Å²) in [5.41, 5.74) is -2.33. The third kappa shape index (κ3) is 3.46. The molecule has 1 N–H and O–H groups in total. The number of ether oxygens (including phenoxy) is 1. The molecular weight excluding hydrogens is 405 g/mol. The largest absolute Gasteiger partial charge is 0.344 e. The normalized spacial score (nSPS) is 38.1. The summed E-state index contributed by atoms with van der Waals surface area (Å²) in [6.45, 7) is -0.0312. The van der Waals surface area contributed by atoms with Gasteiger partial charge >= 0.3 is 12.4 Å². The maximum atomic E-state index is 15.2. The smallest absolute Gasteiger partial charge is 0.330 e. The molecule has 5 unspecified atom stereocenters. The highest BCUT2D eigenvalue weighted by Gasteiger charge is 2.62. The minimum absolute atomic E-state index is 0.176. The summed E-state index contributed by atoms with van der Waals surface area (Å²) in [7, 11) is 0. The van der Waals surface area contributed by atoms with Crippen LogP contribution in [0.3, 0.4) is 0 Å². The van der Waals surface area contributed by atoms with Crippen molar-refractivity contribution in [2.24, 2.45) is 0 Å². The summed E-state index contributed by atoms with van der Waals surface area (Å²) in [6.07, 6.45) is -3.98. The first-order valence-electron chi connectivity index (χ1n) is 7.19. The SMILES string of the molecule is CC(C)OP1(=S)OCC2OC(n3cc(F)c(=O)[nH]c3=O)C(F)(Cl)C2O1. The topological polar surface area (TPSA) is 91.8 Å². The van der Waals surface area contributed by atoms with Crippen molar-refractivity contribution >= 4 is 30.1 Å². The maximum absolute atomic E-state index is 15.2. The molecule has 0 saturated carbocycles. The average Bonchev–Trinajstić information content (AvgIpc) is 2.73. The number of rotatable bonds is 3. The number of fused-ring (bicyclic) bond motifs is 1. The standard InChI is InChI=1S/C12H14ClF2N2O6PS/c1-5(2)22-24(25)20-4-7-8(23-24)12(13,15)10(21-7)17-3-6(14)9(18)16-11(17)19/h3,5,7-8,10H,4H2,1-2H3,(H,16,18,19). The predicted octanol–water partition coefficient (Wildman–Crippen LogP) is 1.54. The summed E-state index contributed by atoms with van der Waals surface area (Å²) < 4.78 is 50.8. The fraction of sp³-hybridized carbons (Fsp3) is 0.667. The summed E-state index contributed by atoms with van der Waals surface area (Å²) in [5, 5.41) is -2.77. The molecule has 8 nitrogen and oxygen atoms in total. The van der Waals surface area contributed by atoms with Gasteiger partial charge in [-0.2, -0.15) is 4.39 Å². The molecule has 140 valence electrons. The number of aromatic nitrogens is 2. The van der Waals surface area contributed by atoms with E-state index in [1.807, 2.05) is 0 Å². The first kappa shape index (κ1) is 19.1. The number of hydrogen-bond acceptors (Lipinski definition) is 7. The van der Waals surface area contributed by atoms with Crippen LogP contribution in [-0.4, -0.2) is 39.6 Å². The van der Waals surface area contributed by atoms with E-state index >= 15 is 4.39 Å². The van der Waals surface area contributed by atoms with E-state index in [9.17, 15) is 14.0 Å². The molecule has 2 aliphatic rings. The molecule has 3 heterocycles. The second-order valence-corrected chi connectivity index (χ2v) is 9.26. The summed E-state index contributed by atoms with van der Waals surface area (Å²) in [5.74, 6) is -1.30. The van der Waals surface area contributed by atoms with Crippen LogP contribution in [-0.2, 0) is 30.1 Å². The van der Waals surface area contributed by atoms with Crippen molar-refractivity contribution in [1.82, 2.24) is 9.55 Å². The number of nitrogens with zero attached hydrogens (tertiary/aromatic N) is 1. The van der Waals surface area contributed by atoms with Gasteiger partial charge in [0.2, 0.25) is 5.82 Å². The van der Waals surface area contributed by atoms with E-state index in [1.165, 1.54) is 0 Å². The second-order valence-electron chi connectivity index (χ2n) is 5.77. The van der Waals surface area contributed by atoms with Crippen LogP contribution in [0.2, 0.25) is 0 Å². The lowest BCUT2D eigenvalue weighted by molar-refractivity contribution is -0.0659. The summed E-state index contributed by atoms with van der Waals surface area (Å²) in [6, 6.07) is 0. The van der Waals surface area contributed by atoms with Crippen LogP contribution in [0.5, 0.6) is 0 Å². The van der Waals surface area contributed by atoms with Gasteiger partial charge in [-0.15, -0.1) is 0 Å². The zero-order valence-corrected chi connectivity index (χ0v) is 15.4. The van der Waals surface area contributed by atoms with Crippen molar-refractivity contribution in [2.75, 3.05) is 6.61 Å². The molecule has 0 amide bonds. The molecule has 2 aliphatic heterocycles. The minimum Gasteiger partial charge on any atom is -0.344 e. The number of hydrogen-bond donors (Lipinski definition) is 1. The van der Waals surface area contributed by atoms with Crippen molar-refractivity contribution in [3.63, 3.8) is 0 Å². The Morgan fingerprint density at radius 3 is 2.88 bits per heavy atom. The lowest BCUT2D eigenvalue weighted by atomic mass is 10.1. The molecule has 2 saturated heterocycles. The van der Waals surface area contributed by atoms with Gasteiger partial charge in [0.15, 0.2) is 6.23 Å². The molecule has 0 bridgehead atoms. The Labute approximate surface area is 150 Å². The Hall–Kier alpha value is -0.680. The van der Waals surface area contributed by atoms with Crippen LogP contribution >= 0.6 is 18.3 Å². The van der Waals surface area contributed by atoms with Crippen molar-refractivity contribution in [2.45, 2.75) is 43.5 Å². The van der Waals surface area contributed by atoms with Crippen molar-refractivity contribution in [1.29, 1.82) is 0 Å². The number of alkyl halides is 2. The molecule has 5 atom stereocenters. The molecule has 0 aliphatic carbocycles. The van der Waals surface area contributed by atoms with E-state index in [4.69, 9.17) is 41.7 Å². The molecule has 1 aromatic heterocycles. The molecule has 0 radical (unpaired) electrons. The van der Waals surface area contributed by atoms with Gasteiger partial charge in [0, 0.05) is 0 Å². The first-order chi connectivity index (χ1) is 11.5. The summed E-state index contributed by atoms with van der Waals surface area (Å²) >= 11 is 11.1. The molecule has 2 fully saturated rings. The number of nitrogens with one attached hydrogen (secondary N) is 1. The molecule has 13 heteroatoms. The lowest BCUT2D eigenvalue weighted by Gasteiger charge is -2.35. The van der Waals surface area contributed by atoms with Gasteiger partial charge in [0.25, 0.3) is 10.7 Å². The molecule has 3 rings (SSSR count). The van der Waals surface area contributed by atoms with Crippen LogP contribution in [0, 0.1) is 5.82 Å². The van der Waals surface area contributed by atoms with Gasteiger partial charge in [-0.05, 0) is 25.7 Å². The highest BCUT2D eigenvalue weighted by atomic mass is 35.5. The van der Waals surface area contributed by atoms with E-state index in [0.717, 1.165) is 0 Å². The van der Waals surface area contributed by atoms with Crippen LogP contribution in [0.1, 0.15) is 20.1 Å². The van der Waals surface area contributed by atoms with E-state index < -0.39 is 47.3 Å². The van der Waals surface area contributed by atoms with Crippen LogP contribution in [0.15, 0.2) is 15.8 Å². The van der Waals surface area contributed by atoms with Gasteiger partial charge in [-0.1, -0.05) is 11.6 Å². The zero-order valence-electron chi connectivity index (χ0n) is 13.0. The number of halogens is 3. The van der Waals surface area contributed by atoms with E-state index in [2.05, 4.69) is 0 Å². The van der Waals surface area contributed by atoms with Crippen molar-refractivity contribution in [3.05, 3.63) is 32.9 Å². The molecule has 0 aromatic carbocycles. The Bertz CT molecular complexity index is 846. The number of aromatic amines is 1. The van der Waals surface area contributed by atoms with Crippen molar-refractivity contribution in [3.8, 4) is 0 Å². The van der Waals surface area contributed by atoms with Crippen LogP contribution < -0.4 is 11.2 Å². The van der Waals surface area contributed by atoms with E-state index in [-0.39, 0.29) is 12.7 Å². The Morgan fingerprint density at radius 1 is 1.56 bits per heavy atom. The third-order valence-electron chi connectivity index (χ3n) is 3.51. The fourth-order valence-electron chi connectivity index (χ4n) is 2.51. The maximum Gasteiger partial charge on any atom is 0.330 e. The monoisotopic (exact) mass is 418 g/mol. The second kappa shape index (κ2) is 6.49. The molecule has 25 heavy (non-hydrogen) atoms. The van der Waals surface area contributed by atoms with Gasteiger partial charge in [-0.3, -0.25) is 18.9 Å². The van der Waals surface area contributed by atoms with Gasteiger partial charge < -0.3 is 13.8 Å². The highest BCUT2D eigenvalue weighted by Crippen LogP contribution is 2.61. The lowest BCUT2D eigenvalue weighted by Crippen LogP contribution is -2.45. The zero-order chi connectivity index (χ0) is 18.6. The van der Waals surface area contributed by atoms with Crippen molar-refractivity contribution < 1.29 is 27.1 Å². The molecular formula is C12H14ClF2N2O6PS. The van der Waals surface area contributed by atoms with Gasteiger partial charge in [0.1, 0.15) is 12.2 Å². The third-order valence-corrected chi connectivity index (χ3v) is 6.37. The van der Waals surface area contributed by atoms with Crippen LogP contribution in [0.25, 0.3) is 0 Å².